The first kappa shape index (κ1) is 20.1. The zero-order valence-electron chi connectivity index (χ0n) is 15.3. The van der Waals surface area contributed by atoms with Crippen molar-refractivity contribution in [3.05, 3.63) is 53.6 Å². The standard InChI is InChI=1S/C20H18ClN3O3S2/c21-14-6-7-17-16(10-14)19(13-4-2-1-3-5-13)24-20(23-17)28-11-18(25)22-15-8-9-29(26,27)12-15/h1-7,10,15H,8-9,11-12H2,(H,22,25). The fourth-order valence-electron chi connectivity index (χ4n) is 3.27. The summed E-state index contributed by atoms with van der Waals surface area (Å²) in [6, 6.07) is 14.9. The maximum Gasteiger partial charge on any atom is 0.230 e. The van der Waals surface area contributed by atoms with Gasteiger partial charge in [0.1, 0.15) is 0 Å². The zero-order valence-corrected chi connectivity index (χ0v) is 17.7. The summed E-state index contributed by atoms with van der Waals surface area (Å²) in [6.45, 7) is 0. The molecule has 1 N–H and O–H groups in total. The van der Waals surface area contributed by atoms with Gasteiger partial charge in [0, 0.05) is 22.0 Å². The number of rotatable bonds is 5. The molecule has 1 aliphatic rings. The average Bonchev–Trinajstić information content (AvgIpc) is 3.04. The molecule has 4 rings (SSSR count). The number of amides is 1. The highest BCUT2D eigenvalue weighted by molar-refractivity contribution is 7.99. The van der Waals surface area contributed by atoms with E-state index in [1.165, 1.54) is 11.8 Å². The lowest BCUT2D eigenvalue weighted by Crippen LogP contribution is -2.36. The van der Waals surface area contributed by atoms with Crippen LogP contribution in [0, 0.1) is 0 Å². The molecule has 0 radical (unpaired) electrons. The number of sulfone groups is 1. The van der Waals surface area contributed by atoms with E-state index in [0.717, 1.165) is 22.2 Å². The Morgan fingerprint density at radius 2 is 1.97 bits per heavy atom. The molecule has 0 saturated carbocycles. The minimum Gasteiger partial charge on any atom is -0.352 e. The van der Waals surface area contributed by atoms with Crippen LogP contribution in [0.15, 0.2) is 53.7 Å². The molecule has 9 heteroatoms. The summed E-state index contributed by atoms with van der Waals surface area (Å²) >= 11 is 7.39. The van der Waals surface area contributed by atoms with Gasteiger partial charge < -0.3 is 5.32 Å². The normalized spacial score (nSPS) is 18.0. The van der Waals surface area contributed by atoms with E-state index in [1.807, 2.05) is 42.5 Å². The molecule has 3 aromatic rings. The molecule has 1 amide bonds. The molecule has 150 valence electrons. The number of hydrogen-bond donors (Lipinski definition) is 1. The molecule has 1 aromatic heterocycles. The van der Waals surface area contributed by atoms with Crippen molar-refractivity contribution in [2.45, 2.75) is 17.6 Å². The predicted molar refractivity (Wildman–Crippen MR) is 116 cm³/mol. The number of nitrogens with one attached hydrogen (secondary N) is 1. The van der Waals surface area contributed by atoms with E-state index in [2.05, 4.69) is 15.3 Å². The Bertz CT molecular complexity index is 1170. The molecular weight excluding hydrogens is 430 g/mol. The lowest BCUT2D eigenvalue weighted by Gasteiger charge is -2.11. The third-order valence-corrected chi connectivity index (χ3v) is 7.46. The summed E-state index contributed by atoms with van der Waals surface area (Å²) in [5.41, 5.74) is 2.43. The van der Waals surface area contributed by atoms with E-state index < -0.39 is 9.84 Å². The van der Waals surface area contributed by atoms with Gasteiger partial charge in [0.05, 0.1) is 28.5 Å². The Kier molecular flexibility index (Phi) is 5.76. The van der Waals surface area contributed by atoms with Gasteiger partial charge in [0.15, 0.2) is 15.0 Å². The zero-order chi connectivity index (χ0) is 20.4. The number of benzene rings is 2. The van der Waals surface area contributed by atoms with Crippen LogP contribution in [0.25, 0.3) is 22.2 Å². The number of carbonyl (C=O) groups is 1. The molecule has 1 aliphatic heterocycles. The van der Waals surface area contributed by atoms with E-state index in [9.17, 15) is 13.2 Å². The van der Waals surface area contributed by atoms with E-state index in [1.54, 1.807) is 6.07 Å². The SMILES string of the molecule is O=C(CSc1nc(-c2ccccc2)c2cc(Cl)ccc2n1)NC1CCS(=O)(=O)C1. The summed E-state index contributed by atoms with van der Waals surface area (Å²) < 4.78 is 23.1. The highest BCUT2D eigenvalue weighted by Gasteiger charge is 2.28. The minimum absolute atomic E-state index is 0.00873. The number of fused-ring (bicyclic) bond motifs is 1. The van der Waals surface area contributed by atoms with Crippen molar-refractivity contribution in [2.75, 3.05) is 17.3 Å². The van der Waals surface area contributed by atoms with Crippen LogP contribution in [0.4, 0.5) is 0 Å². The molecular formula is C20H18ClN3O3S2. The second-order valence-corrected chi connectivity index (χ2v) is 10.4. The number of carbonyl (C=O) groups excluding carboxylic acids is 1. The molecule has 2 aromatic carbocycles. The lowest BCUT2D eigenvalue weighted by atomic mass is 10.1. The van der Waals surface area contributed by atoms with Crippen molar-refractivity contribution in [1.29, 1.82) is 0 Å². The average molecular weight is 448 g/mol. The molecule has 0 bridgehead atoms. The maximum atomic E-state index is 12.2. The summed E-state index contributed by atoms with van der Waals surface area (Å²) in [5, 5.41) is 4.71. The molecule has 1 fully saturated rings. The van der Waals surface area contributed by atoms with Crippen LogP contribution in [0.3, 0.4) is 0 Å². The minimum atomic E-state index is -3.03. The van der Waals surface area contributed by atoms with Crippen LogP contribution in [0.1, 0.15) is 6.42 Å². The molecule has 29 heavy (non-hydrogen) atoms. The topological polar surface area (TPSA) is 89.0 Å². The van der Waals surface area contributed by atoms with Gasteiger partial charge in [-0.1, -0.05) is 53.7 Å². The summed E-state index contributed by atoms with van der Waals surface area (Å²) in [6.07, 6.45) is 0.462. The first-order valence-electron chi connectivity index (χ1n) is 9.05. The van der Waals surface area contributed by atoms with Crippen molar-refractivity contribution in [3.63, 3.8) is 0 Å². The van der Waals surface area contributed by atoms with E-state index in [4.69, 9.17) is 11.6 Å². The highest BCUT2D eigenvalue weighted by atomic mass is 35.5. The highest BCUT2D eigenvalue weighted by Crippen LogP contribution is 2.30. The van der Waals surface area contributed by atoms with E-state index >= 15 is 0 Å². The third-order valence-electron chi connectivity index (χ3n) is 4.61. The van der Waals surface area contributed by atoms with Crippen LogP contribution >= 0.6 is 23.4 Å². The van der Waals surface area contributed by atoms with Gasteiger partial charge in [0.25, 0.3) is 0 Å². The first-order chi connectivity index (χ1) is 13.9. The first-order valence-corrected chi connectivity index (χ1v) is 12.2. The van der Waals surface area contributed by atoms with Gasteiger partial charge in [-0.2, -0.15) is 0 Å². The van der Waals surface area contributed by atoms with E-state index in [0.29, 0.717) is 16.6 Å². The van der Waals surface area contributed by atoms with Crippen molar-refractivity contribution in [3.8, 4) is 11.3 Å². The smallest absolute Gasteiger partial charge is 0.230 e. The number of aromatic nitrogens is 2. The van der Waals surface area contributed by atoms with Crippen molar-refractivity contribution in [2.24, 2.45) is 0 Å². The fourth-order valence-corrected chi connectivity index (χ4v) is 5.78. The maximum absolute atomic E-state index is 12.2. The van der Waals surface area contributed by atoms with Crippen LogP contribution < -0.4 is 5.32 Å². The van der Waals surface area contributed by atoms with Crippen LogP contribution in [-0.2, 0) is 14.6 Å². The Labute approximate surface area is 178 Å². The Hall–Kier alpha value is -2.16. The lowest BCUT2D eigenvalue weighted by molar-refractivity contribution is -0.119. The van der Waals surface area contributed by atoms with Gasteiger partial charge in [0.2, 0.25) is 5.91 Å². The van der Waals surface area contributed by atoms with E-state index in [-0.39, 0.29) is 29.2 Å². The van der Waals surface area contributed by atoms with Crippen molar-refractivity contribution < 1.29 is 13.2 Å². The largest absolute Gasteiger partial charge is 0.352 e. The Morgan fingerprint density at radius 3 is 2.69 bits per heavy atom. The number of halogens is 1. The van der Waals surface area contributed by atoms with Crippen LogP contribution in [-0.4, -0.2) is 47.6 Å². The third kappa shape index (κ3) is 4.88. The van der Waals surface area contributed by atoms with Gasteiger partial charge in [-0.25, -0.2) is 18.4 Å². The van der Waals surface area contributed by atoms with Crippen molar-refractivity contribution in [1.82, 2.24) is 15.3 Å². The summed E-state index contributed by atoms with van der Waals surface area (Å²) in [7, 11) is -3.03. The van der Waals surface area contributed by atoms with Crippen LogP contribution in [0.5, 0.6) is 0 Å². The Morgan fingerprint density at radius 1 is 1.17 bits per heavy atom. The van der Waals surface area contributed by atoms with Gasteiger partial charge >= 0.3 is 0 Å². The Balaban J connectivity index is 1.55. The van der Waals surface area contributed by atoms with Gasteiger partial charge in [-0.05, 0) is 24.6 Å². The molecule has 1 saturated heterocycles. The molecule has 0 spiro atoms. The second-order valence-electron chi connectivity index (χ2n) is 6.84. The second kappa shape index (κ2) is 8.30. The molecule has 6 nitrogen and oxygen atoms in total. The molecule has 0 aliphatic carbocycles. The monoisotopic (exact) mass is 447 g/mol. The molecule has 2 heterocycles. The predicted octanol–water partition coefficient (Wildman–Crippen LogP) is 3.35. The number of nitrogens with zero attached hydrogens (tertiary/aromatic N) is 2. The molecule has 1 unspecified atom stereocenters. The van der Waals surface area contributed by atoms with Gasteiger partial charge in [-0.3, -0.25) is 4.79 Å². The summed E-state index contributed by atoms with van der Waals surface area (Å²) in [4.78, 5) is 21.4. The van der Waals surface area contributed by atoms with Crippen molar-refractivity contribution >= 4 is 50.0 Å². The molecule has 1 atom stereocenters. The summed E-state index contributed by atoms with van der Waals surface area (Å²) in [5.74, 6) is 0.0266. The van der Waals surface area contributed by atoms with Gasteiger partial charge in [-0.15, -0.1) is 0 Å². The van der Waals surface area contributed by atoms with Crippen LogP contribution in [0.2, 0.25) is 5.02 Å². The number of hydrogen-bond acceptors (Lipinski definition) is 6. The number of thioether (sulfide) groups is 1. The quantitative estimate of drug-likeness (QED) is 0.476. The fraction of sp³-hybridized carbons (Fsp3) is 0.250.